The van der Waals surface area contributed by atoms with Crippen LogP contribution in [0, 0.1) is 11.8 Å². The number of rotatable bonds is 1. The molecule has 11 heavy (non-hydrogen) atoms. The van der Waals surface area contributed by atoms with Gasteiger partial charge in [0, 0.05) is 0 Å². The lowest BCUT2D eigenvalue weighted by Gasteiger charge is -2.36. The van der Waals surface area contributed by atoms with Crippen molar-refractivity contribution in [1.29, 1.82) is 0 Å². The molecule has 1 heterocycles. The maximum absolute atomic E-state index is 5.74. The SMILES string of the molecule is CC(C)C1CCC(C)(C)OC1. The van der Waals surface area contributed by atoms with Crippen molar-refractivity contribution in [3.05, 3.63) is 0 Å². The first-order valence-corrected chi connectivity index (χ1v) is 4.65. The van der Waals surface area contributed by atoms with Crippen molar-refractivity contribution in [1.82, 2.24) is 0 Å². The summed E-state index contributed by atoms with van der Waals surface area (Å²) in [5, 5.41) is 0. The van der Waals surface area contributed by atoms with Crippen LogP contribution in [-0.2, 0) is 4.74 Å². The smallest absolute Gasteiger partial charge is 0.0626 e. The minimum atomic E-state index is 0.144. The van der Waals surface area contributed by atoms with Gasteiger partial charge in [-0.3, -0.25) is 0 Å². The molecule has 1 heteroatoms. The van der Waals surface area contributed by atoms with Gasteiger partial charge < -0.3 is 4.74 Å². The Morgan fingerprint density at radius 2 is 2.00 bits per heavy atom. The van der Waals surface area contributed by atoms with Crippen molar-refractivity contribution < 1.29 is 4.74 Å². The van der Waals surface area contributed by atoms with E-state index in [1.54, 1.807) is 0 Å². The Balaban J connectivity index is 2.36. The van der Waals surface area contributed by atoms with Crippen LogP contribution in [0.3, 0.4) is 0 Å². The van der Waals surface area contributed by atoms with E-state index < -0.39 is 0 Å². The third kappa shape index (κ3) is 2.48. The van der Waals surface area contributed by atoms with Gasteiger partial charge in [0.05, 0.1) is 12.2 Å². The standard InChI is InChI=1S/C10H20O/c1-8(2)9-5-6-10(3,4)11-7-9/h8-9H,5-7H2,1-4H3. The lowest BCUT2D eigenvalue weighted by Crippen LogP contribution is -2.35. The van der Waals surface area contributed by atoms with Gasteiger partial charge in [-0.15, -0.1) is 0 Å². The van der Waals surface area contributed by atoms with Gasteiger partial charge in [-0.2, -0.15) is 0 Å². The zero-order valence-corrected chi connectivity index (χ0v) is 8.18. The van der Waals surface area contributed by atoms with Gasteiger partial charge in [0.1, 0.15) is 0 Å². The van der Waals surface area contributed by atoms with Gasteiger partial charge in [0.15, 0.2) is 0 Å². The molecule has 0 amide bonds. The zero-order chi connectivity index (χ0) is 8.48. The number of hydrogen-bond acceptors (Lipinski definition) is 1. The van der Waals surface area contributed by atoms with Crippen molar-refractivity contribution in [3.8, 4) is 0 Å². The second-order valence-electron chi connectivity index (χ2n) is 4.61. The highest BCUT2D eigenvalue weighted by molar-refractivity contribution is 4.78. The van der Waals surface area contributed by atoms with Gasteiger partial charge in [-0.05, 0) is 38.5 Å². The Hall–Kier alpha value is -0.0400. The molecule has 1 aliphatic heterocycles. The largest absolute Gasteiger partial charge is 0.375 e. The molecular formula is C10H20O. The molecule has 0 radical (unpaired) electrons. The van der Waals surface area contributed by atoms with E-state index in [-0.39, 0.29) is 5.60 Å². The Bertz CT molecular complexity index is 117. The Kier molecular flexibility index (Phi) is 2.58. The van der Waals surface area contributed by atoms with Crippen molar-refractivity contribution in [2.24, 2.45) is 11.8 Å². The number of hydrogen-bond donors (Lipinski definition) is 0. The highest BCUT2D eigenvalue weighted by atomic mass is 16.5. The summed E-state index contributed by atoms with van der Waals surface area (Å²) in [7, 11) is 0. The molecule has 0 saturated carbocycles. The summed E-state index contributed by atoms with van der Waals surface area (Å²) >= 11 is 0. The summed E-state index contributed by atoms with van der Waals surface area (Å²) in [5.41, 5.74) is 0.144. The Morgan fingerprint density at radius 3 is 2.36 bits per heavy atom. The maximum atomic E-state index is 5.74. The quantitative estimate of drug-likeness (QED) is 0.567. The van der Waals surface area contributed by atoms with Crippen LogP contribution in [0.1, 0.15) is 40.5 Å². The van der Waals surface area contributed by atoms with E-state index in [9.17, 15) is 0 Å². The van der Waals surface area contributed by atoms with Crippen LogP contribution in [0.25, 0.3) is 0 Å². The highest BCUT2D eigenvalue weighted by Crippen LogP contribution is 2.30. The van der Waals surface area contributed by atoms with E-state index in [4.69, 9.17) is 4.74 Å². The summed E-state index contributed by atoms with van der Waals surface area (Å²) in [5.74, 6) is 1.58. The lowest BCUT2D eigenvalue weighted by atomic mass is 9.85. The van der Waals surface area contributed by atoms with E-state index in [1.165, 1.54) is 12.8 Å². The molecule has 0 aromatic carbocycles. The van der Waals surface area contributed by atoms with E-state index in [0.717, 1.165) is 18.4 Å². The van der Waals surface area contributed by atoms with E-state index in [1.807, 2.05) is 0 Å². The Labute approximate surface area is 70.1 Å². The molecule has 1 rings (SSSR count). The molecular weight excluding hydrogens is 136 g/mol. The second kappa shape index (κ2) is 3.14. The first kappa shape index (κ1) is 9.05. The normalized spacial score (nSPS) is 30.8. The summed E-state index contributed by atoms with van der Waals surface area (Å²) in [6, 6.07) is 0. The molecule has 0 N–H and O–H groups in total. The topological polar surface area (TPSA) is 9.23 Å². The van der Waals surface area contributed by atoms with Crippen molar-refractivity contribution in [2.75, 3.05) is 6.61 Å². The average molecular weight is 156 g/mol. The monoisotopic (exact) mass is 156 g/mol. The van der Waals surface area contributed by atoms with Crippen LogP contribution in [0.5, 0.6) is 0 Å². The van der Waals surface area contributed by atoms with Gasteiger partial charge in [0.2, 0.25) is 0 Å². The second-order valence-corrected chi connectivity index (χ2v) is 4.61. The van der Waals surface area contributed by atoms with Crippen LogP contribution >= 0.6 is 0 Å². The third-order valence-corrected chi connectivity index (χ3v) is 2.75. The molecule has 66 valence electrons. The highest BCUT2D eigenvalue weighted by Gasteiger charge is 2.28. The van der Waals surface area contributed by atoms with Crippen molar-refractivity contribution >= 4 is 0 Å². The Morgan fingerprint density at radius 1 is 1.36 bits per heavy atom. The molecule has 1 fully saturated rings. The van der Waals surface area contributed by atoms with Gasteiger partial charge in [-0.25, -0.2) is 0 Å². The van der Waals surface area contributed by atoms with E-state index in [0.29, 0.717) is 0 Å². The summed E-state index contributed by atoms with van der Waals surface area (Å²) in [6.45, 7) is 9.90. The number of ether oxygens (including phenoxy) is 1. The molecule has 0 aromatic rings. The van der Waals surface area contributed by atoms with E-state index in [2.05, 4.69) is 27.7 Å². The summed E-state index contributed by atoms with van der Waals surface area (Å²) in [4.78, 5) is 0. The fraction of sp³-hybridized carbons (Fsp3) is 1.00. The average Bonchev–Trinajstić information content (AvgIpc) is 1.86. The molecule has 0 aromatic heterocycles. The van der Waals surface area contributed by atoms with Crippen LogP contribution in [0.2, 0.25) is 0 Å². The fourth-order valence-electron chi connectivity index (χ4n) is 1.55. The first-order chi connectivity index (χ1) is 5.01. The zero-order valence-electron chi connectivity index (χ0n) is 8.18. The molecule has 1 atom stereocenters. The minimum Gasteiger partial charge on any atom is -0.375 e. The minimum absolute atomic E-state index is 0.144. The van der Waals surface area contributed by atoms with Gasteiger partial charge >= 0.3 is 0 Å². The predicted molar refractivity (Wildman–Crippen MR) is 47.6 cm³/mol. The molecule has 1 nitrogen and oxygen atoms in total. The molecule has 0 aliphatic carbocycles. The van der Waals surface area contributed by atoms with Crippen LogP contribution < -0.4 is 0 Å². The predicted octanol–water partition coefficient (Wildman–Crippen LogP) is 2.85. The molecule has 0 bridgehead atoms. The maximum Gasteiger partial charge on any atom is 0.0626 e. The lowest BCUT2D eigenvalue weighted by molar-refractivity contribution is -0.0850. The summed E-state index contributed by atoms with van der Waals surface area (Å²) in [6.07, 6.45) is 2.56. The van der Waals surface area contributed by atoms with Crippen LogP contribution in [-0.4, -0.2) is 12.2 Å². The molecule has 1 aliphatic rings. The van der Waals surface area contributed by atoms with Crippen molar-refractivity contribution in [2.45, 2.75) is 46.1 Å². The van der Waals surface area contributed by atoms with Gasteiger partial charge in [0.25, 0.3) is 0 Å². The van der Waals surface area contributed by atoms with Crippen LogP contribution in [0.15, 0.2) is 0 Å². The first-order valence-electron chi connectivity index (χ1n) is 4.65. The molecule has 0 spiro atoms. The molecule has 1 unspecified atom stereocenters. The third-order valence-electron chi connectivity index (χ3n) is 2.75. The molecule has 1 saturated heterocycles. The van der Waals surface area contributed by atoms with Crippen molar-refractivity contribution in [3.63, 3.8) is 0 Å². The van der Waals surface area contributed by atoms with Crippen LogP contribution in [0.4, 0.5) is 0 Å². The fourth-order valence-corrected chi connectivity index (χ4v) is 1.55. The summed E-state index contributed by atoms with van der Waals surface area (Å²) < 4.78 is 5.74. The van der Waals surface area contributed by atoms with Gasteiger partial charge in [-0.1, -0.05) is 13.8 Å². The van der Waals surface area contributed by atoms with E-state index >= 15 is 0 Å².